The molecule has 2 aliphatic heterocycles. The smallest absolute Gasteiger partial charge is 0.322 e. The highest BCUT2D eigenvalue weighted by molar-refractivity contribution is 5.73. The largest absolute Gasteiger partial charge is 0.460 e. The Morgan fingerprint density at radius 3 is 2.52 bits per heavy atom. The van der Waals surface area contributed by atoms with E-state index in [1.165, 1.54) is 0 Å². The fraction of sp³-hybridized carbons (Fsp3) is 0.550. The van der Waals surface area contributed by atoms with Gasteiger partial charge in [-0.25, -0.2) is 9.78 Å². The van der Waals surface area contributed by atoms with E-state index < -0.39 is 0 Å². The molecular weight excluding hydrogens is 400 g/mol. The number of ether oxygens (including phenoxy) is 2. The molecular formula is C20H28N8O3. The van der Waals surface area contributed by atoms with Gasteiger partial charge in [-0.05, 0) is 12.1 Å². The minimum absolute atomic E-state index is 0.0198. The number of anilines is 2. The minimum Gasteiger partial charge on any atom is -0.460 e. The van der Waals surface area contributed by atoms with Crippen molar-refractivity contribution in [1.29, 1.82) is 0 Å². The molecule has 2 N–H and O–H groups in total. The van der Waals surface area contributed by atoms with Gasteiger partial charge in [0.05, 0.1) is 13.2 Å². The molecule has 4 heterocycles. The Kier molecular flexibility index (Phi) is 6.31. The number of likely N-dealkylation sites (tertiary alicyclic amines) is 1. The van der Waals surface area contributed by atoms with Crippen LogP contribution in [-0.4, -0.2) is 95.4 Å². The van der Waals surface area contributed by atoms with Gasteiger partial charge in [0.15, 0.2) is 5.82 Å². The number of piperidine rings is 1. The molecule has 2 aromatic heterocycles. The van der Waals surface area contributed by atoms with Crippen LogP contribution in [0, 0.1) is 0 Å². The van der Waals surface area contributed by atoms with E-state index in [4.69, 9.17) is 15.2 Å². The molecule has 0 radical (unpaired) electrons. The summed E-state index contributed by atoms with van der Waals surface area (Å²) in [6.07, 6.45) is 3.01. The molecule has 11 nitrogen and oxygen atoms in total. The van der Waals surface area contributed by atoms with Crippen LogP contribution < -0.4 is 15.4 Å². The fourth-order valence-electron chi connectivity index (χ4n) is 3.57. The molecule has 2 amide bonds. The highest BCUT2D eigenvalue weighted by atomic mass is 16.5. The van der Waals surface area contributed by atoms with E-state index in [9.17, 15) is 4.79 Å². The molecule has 2 aliphatic rings. The predicted octanol–water partition coefficient (Wildman–Crippen LogP) is 0.877. The molecule has 2 aromatic rings. The van der Waals surface area contributed by atoms with Gasteiger partial charge in [-0.1, -0.05) is 0 Å². The molecule has 2 saturated heterocycles. The summed E-state index contributed by atoms with van der Waals surface area (Å²) >= 11 is 0. The summed E-state index contributed by atoms with van der Waals surface area (Å²) < 4.78 is 11.6. The minimum atomic E-state index is -0.0662. The van der Waals surface area contributed by atoms with Gasteiger partial charge >= 0.3 is 12.0 Å². The quantitative estimate of drug-likeness (QED) is 0.756. The molecule has 0 atom stereocenters. The Morgan fingerprint density at radius 1 is 1.13 bits per heavy atom. The van der Waals surface area contributed by atoms with Crippen LogP contribution in [0.15, 0.2) is 18.3 Å². The van der Waals surface area contributed by atoms with Crippen LogP contribution in [0.4, 0.5) is 16.6 Å². The maximum absolute atomic E-state index is 12.2. The Morgan fingerprint density at radius 2 is 1.87 bits per heavy atom. The summed E-state index contributed by atoms with van der Waals surface area (Å²) in [5, 5.41) is 0. The molecule has 4 rings (SSSR count). The lowest BCUT2D eigenvalue weighted by Gasteiger charge is -2.33. The monoisotopic (exact) mass is 428 g/mol. The first-order valence-electron chi connectivity index (χ1n) is 10.4. The number of nitrogens with two attached hydrogens (primary N) is 1. The van der Waals surface area contributed by atoms with Crippen molar-refractivity contribution in [2.75, 3.05) is 64.1 Å². The summed E-state index contributed by atoms with van der Waals surface area (Å²) in [6, 6.07) is 3.84. The third kappa shape index (κ3) is 5.10. The fourth-order valence-corrected chi connectivity index (χ4v) is 3.57. The highest BCUT2D eigenvalue weighted by Gasteiger charge is 2.26. The van der Waals surface area contributed by atoms with Crippen LogP contribution in [0.1, 0.15) is 12.8 Å². The van der Waals surface area contributed by atoms with Gasteiger partial charge in [0.1, 0.15) is 11.9 Å². The second-order valence-electron chi connectivity index (χ2n) is 7.79. The van der Waals surface area contributed by atoms with E-state index in [2.05, 4.69) is 24.8 Å². The third-order valence-corrected chi connectivity index (χ3v) is 5.31. The van der Waals surface area contributed by atoms with Gasteiger partial charge < -0.3 is 29.9 Å². The highest BCUT2D eigenvalue weighted by Crippen LogP contribution is 2.23. The number of hydrogen-bond acceptors (Lipinski definition) is 9. The van der Waals surface area contributed by atoms with Crippen molar-refractivity contribution in [3.63, 3.8) is 0 Å². The predicted molar refractivity (Wildman–Crippen MR) is 115 cm³/mol. The number of nitrogen functional groups attached to an aromatic ring is 1. The Bertz CT molecular complexity index is 894. The lowest BCUT2D eigenvalue weighted by molar-refractivity contribution is 0.0945. The van der Waals surface area contributed by atoms with Gasteiger partial charge in [0.25, 0.3) is 0 Å². The van der Waals surface area contributed by atoms with E-state index in [1.807, 2.05) is 11.0 Å². The SMILES string of the molecule is CN(C)C(=O)N1CCC(Oc2nc(-c3ccc(N)nc3)nc(N3CCOCC3)n2)CC1. The zero-order chi connectivity index (χ0) is 21.8. The summed E-state index contributed by atoms with van der Waals surface area (Å²) in [4.78, 5) is 35.5. The van der Waals surface area contributed by atoms with Gasteiger partial charge in [-0.2, -0.15) is 15.0 Å². The van der Waals surface area contributed by atoms with Gasteiger partial charge in [-0.15, -0.1) is 0 Å². The Balaban J connectivity index is 1.53. The zero-order valence-corrected chi connectivity index (χ0v) is 17.9. The average molecular weight is 428 g/mol. The maximum Gasteiger partial charge on any atom is 0.322 e. The topological polar surface area (TPSA) is 123 Å². The summed E-state index contributed by atoms with van der Waals surface area (Å²) in [7, 11) is 3.52. The normalized spacial score (nSPS) is 17.5. The van der Waals surface area contributed by atoms with Crippen molar-refractivity contribution in [2.45, 2.75) is 18.9 Å². The second kappa shape index (κ2) is 9.29. The number of morpholine rings is 1. The van der Waals surface area contributed by atoms with Crippen LogP contribution in [0.2, 0.25) is 0 Å². The number of aromatic nitrogens is 4. The Labute approximate surface area is 181 Å². The van der Waals surface area contributed by atoms with E-state index in [1.54, 1.807) is 31.3 Å². The summed E-state index contributed by atoms with van der Waals surface area (Å²) in [5.74, 6) is 1.47. The molecule has 0 spiro atoms. The van der Waals surface area contributed by atoms with Crippen molar-refractivity contribution >= 4 is 17.8 Å². The number of rotatable bonds is 4. The number of carbonyl (C=O) groups is 1. The van der Waals surface area contributed by atoms with Gasteiger partial charge in [-0.3, -0.25) is 0 Å². The number of carbonyl (C=O) groups excluding carboxylic acids is 1. The summed E-state index contributed by atoms with van der Waals surface area (Å²) in [5.41, 5.74) is 6.45. The molecule has 0 aliphatic carbocycles. The molecule has 166 valence electrons. The van der Waals surface area contributed by atoms with E-state index in [0.29, 0.717) is 57.0 Å². The molecule has 11 heteroatoms. The van der Waals surface area contributed by atoms with Crippen LogP contribution in [0.25, 0.3) is 11.4 Å². The molecule has 0 bridgehead atoms. The average Bonchev–Trinajstić information content (AvgIpc) is 2.80. The standard InChI is InChI=1S/C20H28N8O3/c1-26(2)20(29)28-7-5-15(6-8-28)31-19-24-17(14-3-4-16(21)22-13-14)23-18(25-19)27-9-11-30-12-10-27/h3-4,13,15H,5-12H2,1-2H3,(H2,21,22). The van der Waals surface area contributed by atoms with Crippen molar-refractivity contribution in [3.05, 3.63) is 18.3 Å². The van der Waals surface area contributed by atoms with E-state index >= 15 is 0 Å². The Hall–Kier alpha value is -3.21. The molecule has 31 heavy (non-hydrogen) atoms. The van der Waals surface area contributed by atoms with E-state index in [-0.39, 0.29) is 18.1 Å². The molecule has 2 fully saturated rings. The second-order valence-corrected chi connectivity index (χ2v) is 7.79. The number of nitrogens with zero attached hydrogens (tertiary/aromatic N) is 7. The summed E-state index contributed by atoms with van der Waals surface area (Å²) in [6.45, 7) is 3.93. The number of hydrogen-bond donors (Lipinski definition) is 1. The van der Waals surface area contributed by atoms with Crippen molar-refractivity contribution in [2.24, 2.45) is 0 Å². The first-order valence-corrected chi connectivity index (χ1v) is 10.4. The van der Waals surface area contributed by atoms with Gasteiger partial charge in [0, 0.05) is 64.9 Å². The lowest BCUT2D eigenvalue weighted by atomic mass is 10.1. The van der Waals surface area contributed by atoms with Crippen LogP contribution in [0.5, 0.6) is 6.01 Å². The van der Waals surface area contributed by atoms with Crippen LogP contribution in [0.3, 0.4) is 0 Å². The number of pyridine rings is 1. The first kappa shape index (κ1) is 21.0. The first-order chi connectivity index (χ1) is 15.0. The third-order valence-electron chi connectivity index (χ3n) is 5.31. The van der Waals surface area contributed by atoms with Crippen molar-refractivity contribution in [1.82, 2.24) is 29.7 Å². The molecule has 0 saturated carbocycles. The molecule has 0 aromatic carbocycles. The van der Waals surface area contributed by atoms with Crippen LogP contribution >= 0.6 is 0 Å². The number of urea groups is 1. The van der Waals surface area contributed by atoms with Crippen LogP contribution in [-0.2, 0) is 4.74 Å². The zero-order valence-electron chi connectivity index (χ0n) is 17.9. The lowest BCUT2D eigenvalue weighted by Crippen LogP contribution is -2.46. The molecule has 0 unspecified atom stereocenters. The van der Waals surface area contributed by atoms with Gasteiger partial charge in [0.2, 0.25) is 5.95 Å². The van der Waals surface area contributed by atoms with E-state index in [0.717, 1.165) is 18.4 Å². The van der Waals surface area contributed by atoms with Crippen molar-refractivity contribution in [3.8, 4) is 17.4 Å². The van der Waals surface area contributed by atoms with Crippen molar-refractivity contribution < 1.29 is 14.3 Å². The number of amides is 2. The maximum atomic E-state index is 12.2.